The average Bonchev–Trinajstić information content (AvgIpc) is 3.48. The summed E-state index contributed by atoms with van der Waals surface area (Å²) in [5, 5.41) is 27.3. The van der Waals surface area contributed by atoms with Crippen LogP contribution in [0.1, 0.15) is 37.4 Å². The Morgan fingerprint density at radius 3 is 2.23 bits per heavy atom. The van der Waals surface area contributed by atoms with Crippen molar-refractivity contribution in [3.8, 4) is 11.4 Å². The van der Waals surface area contributed by atoms with Gasteiger partial charge in [-0.05, 0) is 85.7 Å². The quantitative estimate of drug-likeness (QED) is 0.208. The van der Waals surface area contributed by atoms with Gasteiger partial charge in [-0.1, -0.05) is 6.08 Å². The van der Waals surface area contributed by atoms with Crippen molar-refractivity contribution in [3.05, 3.63) is 124 Å². The molecular formula is C30H22N6O7. The van der Waals surface area contributed by atoms with Crippen LogP contribution in [0.2, 0.25) is 0 Å². The molecule has 0 fully saturated rings. The number of hydrogen-bond acceptors (Lipinski definition) is 7. The maximum Gasteiger partial charge on any atom is 0.335 e. The molecule has 0 atom stereocenters. The summed E-state index contributed by atoms with van der Waals surface area (Å²) in [6, 6.07) is 11.6. The average molecular weight is 579 g/mol. The van der Waals surface area contributed by atoms with Crippen LogP contribution >= 0.6 is 0 Å². The van der Waals surface area contributed by atoms with Crippen molar-refractivity contribution in [2.45, 2.75) is 13.8 Å². The summed E-state index contributed by atoms with van der Waals surface area (Å²) in [5.41, 5.74) is 0.945. The standard InChI is InChI=1S/C30H22N6O7/c1-14-20(26(38)31-24-22(14)28(40)35(33-24)17-8-6-16(7-9-17)30(42)43)4-3-5-21-15(2)23-25(32-27(21)39)34-36(29(23)41)18-10-12-19(37)13-11-18/h3-13,37H,1-2H3,(H,42,43)(H,31,33,38)(H2,32,34,39). The highest BCUT2D eigenvalue weighted by atomic mass is 16.4. The van der Waals surface area contributed by atoms with Gasteiger partial charge in [0.1, 0.15) is 11.4 Å². The van der Waals surface area contributed by atoms with E-state index in [9.17, 15) is 29.1 Å². The molecule has 13 heteroatoms. The first kappa shape index (κ1) is 27.0. The van der Waals surface area contributed by atoms with Gasteiger partial charge in [0.05, 0.1) is 27.9 Å². The van der Waals surface area contributed by atoms with Gasteiger partial charge in [0.2, 0.25) is 0 Å². The number of phenols is 1. The second kappa shape index (κ2) is 9.99. The molecule has 6 rings (SSSR count). The number of carbonyl (C=O) groups is 2. The summed E-state index contributed by atoms with van der Waals surface area (Å²) < 4.78 is 1.26. The highest BCUT2D eigenvalue weighted by Crippen LogP contribution is 2.21. The Morgan fingerprint density at radius 1 is 0.884 bits per heavy atom. The lowest BCUT2D eigenvalue weighted by atomic mass is 10.1. The summed E-state index contributed by atoms with van der Waals surface area (Å²) in [7, 11) is 0. The number of anilines is 1. The normalized spacial score (nSPS) is 13.2. The Kier molecular flexibility index (Phi) is 6.26. The van der Waals surface area contributed by atoms with Crippen LogP contribution in [0.4, 0.5) is 5.69 Å². The monoisotopic (exact) mass is 578 g/mol. The third-order valence-corrected chi connectivity index (χ3v) is 7.24. The zero-order valence-corrected chi connectivity index (χ0v) is 22.6. The van der Waals surface area contributed by atoms with Crippen LogP contribution in [0.15, 0.2) is 74.1 Å². The number of nitrogens with zero attached hydrogens (tertiary/aromatic N) is 3. The topological polar surface area (TPSA) is 194 Å². The van der Waals surface area contributed by atoms with Gasteiger partial charge in [0, 0.05) is 10.8 Å². The van der Waals surface area contributed by atoms with Gasteiger partial charge in [0.25, 0.3) is 22.6 Å². The minimum absolute atomic E-state index is 0.0435. The van der Waals surface area contributed by atoms with Gasteiger partial charge in [-0.25, -0.2) is 9.48 Å². The number of carboxylic acid groups (broad SMARTS) is 1. The lowest BCUT2D eigenvalue weighted by Crippen LogP contribution is -2.38. The molecule has 0 aliphatic carbocycles. The fourth-order valence-corrected chi connectivity index (χ4v) is 5.01. The number of pyridine rings is 2. The molecule has 214 valence electrons. The summed E-state index contributed by atoms with van der Waals surface area (Å²) in [5.74, 6) is -1.56. The molecule has 3 aromatic heterocycles. The van der Waals surface area contributed by atoms with E-state index in [2.05, 4.69) is 20.2 Å². The zero-order valence-electron chi connectivity index (χ0n) is 22.6. The van der Waals surface area contributed by atoms with Crippen LogP contribution in [0, 0.1) is 13.8 Å². The number of fused-ring (bicyclic) bond motifs is 2. The van der Waals surface area contributed by atoms with E-state index in [1.807, 2.05) is 0 Å². The second-order valence-corrected chi connectivity index (χ2v) is 9.82. The number of aromatic amines is 3. The highest BCUT2D eigenvalue weighted by molar-refractivity contribution is 6.08. The minimum Gasteiger partial charge on any atom is -0.508 e. The molecule has 1 amide bonds. The van der Waals surface area contributed by atoms with Crippen molar-refractivity contribution in [1.29, 1.82) is 0 Å². The van der Waals surface area contributed by atoms with E-state index in [-0.39, 0.29) is 44.2 Å². The molecule has 0 saturated heterocycles. The van der Waals surface area contributed by atoms with E-state index in [0.29, 0.717) is 22.5 Å². The van der Waals surface area contributed by atoms with E-state index in [1.54, 1.807) is 26.0 Å². The van der Waals surface area contributed by atoms with Gasteiger partial charge in [-0.3, -0.25) is 24.3 Å². The van der Waals surface area contributed by atoms with E-state index >= 15 is 0 Å². The Balaban J connectivity index is 1.37. The van der Waals surface area contributed by atoms with Crippen molar-refractivity contribution in [3.63, 3.8) is 0 Å². The van der Waals surface area contributed by atoms with Crippen molar-refractivity contribution in [2.24, 2.45) is 5.10 Å². The molecule has 4 heterocycles. The summed E-state index contributed by atoms with van der Waals surface area (Å²) in [6.07, 6.45) is 4.41. The highest BCUT2D eigenvalue weighted by Gasteiger charge is 2.28. The minimum atomic E-state index is -1.11. The molecule has 0 bridgehead atoms. The number of aromatic carboxylic acids is 1. The predicted octanol–water partition coefficient (Wildman–Crippen LogP) is 1.40. The third-order valence-electron chi connectivity index (χ3n) is 7.24. The third kappa shape index (κ3) is 4.44. The van der Waals surface area contributed by atoms with E-state index in [1.165, 1.54) is 59.3 Å². The molecule has 5 N–H and O–H groups in total. The predicted molar refractivity (Wildman–Crippen MR) is 157 cm³/mol. The van der Waals surface area contributed by atoms with E-state index < -0.39 is 28.6 Å². The number of hydrogen-bond donors (Lipinski definition) is 5. The first-order valence-corrected chi connectivity index (χ1v) is 12.9. The number of nitrogens with one attached hydrogen (secondary N) is 3. The number of aryl methyl sites for hydroxylation is 1. The fourth-order valence-electron chi connectivity index (χ4n) is 5.01. The number of rotatable bonds is 5. The molecule has 1 aliphatic rings. The summed E-state index contributed by atoms with van der Waals surface area (Å²) in [6.45, 7) is 3.24. The van der Waals surface area contributed by atoms with Crippen LogP contribution in [0.3, 0.4) is 0 Å². The molecule has 0 unspecified atom stereocenters. The molecule has 1 aliphatic heterocycles. The number of amides is 1. The summed E-state index contributed by atoms with van der Waals surface area (Å²) >= 11 is 0. The summed E-state index contributed by atoms with van der Waals surface area (Å²) in [4.78, 5) is 68.7. The van der Waals surface area contributed by atoms with Crippen LogP contribution < -0.4 is 32.4 Å². The Hall–Kier alpha value is -6.24. The van der Waals surface area contributed by atoms with Crippen molar-refractivity contribution < 1.29 is 19.8 Å². The molecule has 0 radical (unpaired) electrons. The van der Waals surface area contributed by atoms with Gasteiger partial charge in [0.15, 0.2) is 5.49 Å². The van der Waals surface area contributed by atoms with Crippen molar-refractivity contribution >= 4 is 40.7 Å². The number of aromatic hydroxyl groups is 1. The van der Waals surface area contributed by atoms with Gasteiger partial charge in [-0.15, -0.1) is 5.10 Å². The molecule has 2 aromatic carbocycles. The molecule has 13 nitrogen and oxygen atoms in total. The number of benzene rings is 2. The Bertz CT molecular complexity index is 2320. The first-order chi connectivity index (χ1) is 20.5. The number of carbonyl (C=O) groups excluding carboxylic acids is 1. The van der Waals surface area contributed by atoms with Crippen molar-refractivity contribution in [1.82, 2.24) is 19.7 Å². The van der Waals surface area contributed by atoms with Crippen molar-refractivity contribution in [2.75, 3.05) is 5.01 Å². The first-order valence-electron chi connectivity index (χ1n) is 12.9. The maximum absolute atomic E-state index is 13.2. The van der Waals surface area contributed by atoms with E-state index in [4.69, 9.17) is 5.11 Å². The fraction of sp³-hybridized carbons (Fsp3) is 0.0667. The van der Waals surface area contributed by atoms with E-state index in [0.717, 1.165) is 5.01 Å². The number of aromatic nitrogens is 4. The van der Waals surface area contributed by atoms with Gasteiger partial charge >= 0.3 is 5.97 Å². The number of phenolic OH excluding ortho intramolecular Hbond substituents is 1. The second-order valence-electron chi connectivity index (χ2n) is 9.82. The van der Waals surface area contributed by atoms with Crippen LogP contribution in [-0.4, -0.2) is 41.8 Å². The number of H-pyrrole nitrogens is 3. The zero-order chi connectivity index (χ0) is 30.6. The molecule has 43 heavy (non-hydrogen) atoms. The largest absolute Gasteiger partial charge is 0.508 e. The lowest BCUT2D eigenvalue weighted by molar-refractivity contribution is 0.0696. The molecular weight excluding hydrogens is 556 g/mol. The number of allylic oxidation sites excluding steroid dienone is 1. The van der Waals surface area contributed by atoms with Crippen LogP contribution in [0.25, 0.3) is 28.9 Å². The number of carboxylic acids is 1. The lowest BCUT2D eigenvalue weighted by Gasteiger charge is -2.12. The molecule has 5 aromatic rings. The SMILES string of the molecule is Cc1c2c([nH]c(=O)c1=CC=Cc1c(C)c3c(=O)n(-c4ccc(O)cc4)[nH]c3[nH]c1=O)=NN(c1ccc(C(=O)O)cc1)C2=O. The van der Waals surface area contributed by atoms with Gasteiger partial charge in [-0.2, -0.15) is 5.01 Å². The Labute approximate surface area is 240 Å². The maximum atomic E-state index is 13.2. The van der Waals surface area contributed by atoms with Crippen LogP contribution in [0.5, 0.6) is 5.75 Å². The smallest absolute Gasteiger partial charge is 0.335 e. The molecule has 0 spiro atoms. The van der Waals surface area contributed by atoms with Gasteiger partial charge < -0.3 is 20.2 Å². The Morgan fingerprint density at radius 2 is 1.56 bits per heavy atom. The van der Waals surface area contributed by atoms with Crippen LogP contribution in [-0.2, 0) is 0 Å². The molecule has 0 saturated carbocycles.